The van der Waals surface area contributed by atoms with E-state index in [2.05, 4.69) is 19.1 Å². The van der Waals surface area contributed by atoms with Crippen LogP contribution in [0.15, 0.2) is 30.3 Å². The van der Waals surface area contributed by atoms with Crippen LogP contribution in [0.2, 0.25) is 0 Å². The van der Waals surface area contributed by atoms with Crippen LogP contribution in [0.1, 0.15) is 18.5 Å². The van der Waals surface area contributed by atoms with Gasteiger partial charge in [0.25, 0.3) is 0 Å². The molecule has 2 unspecified atom stereocenters. The average molecular weight is 250 g/mol. The number of nitrogens with two attached hydrogens (primary N) is 1. The number of carbonyl (C=O) groups is 1. The minimum absolute atomic E-state index is 0.138. The molecule has 0 aromatic heterocycles. The quantitative estimate of drug-likeness (QED) is 0.887. The van der Waals surface area contributed by atoms with Crippen molar-refractivity contribution in [3.8, 4) is 0 Å². The van der Waals surface area contributed by atoms with Crippen LogP contribution in [0.4, 0.5) is 0 Å². The second kappa shape index (κ2) is 5.56. The Balaban J connectivity index is 2.12. The number of amides is 1. The van der Waals surface area contributed by atoms with Crippen molar-refractivity contribution in [3.05, 3.63) is 35.9 Å². The highest BCUT2D eigenvalue weighted by molar-refractivity contribution is 8.00. The maximum atomic E-state index is 11.9. The van der Waals surface area contributed by atoms with Gasteiger partial charge in [-0.25, -0.2) is 0 Å². The van der Waals surface area contributed by atoms with Crippen LogP contribution < -0.4 is 5.73 Å². The van der Waals surface area contributed by atoms with Crippen LogP contribution >= 0.6 is 11.8 Å². The van der Waals surface area contributed by atoms with E-state index in [0.29, 0.717) is 17.5 Å². The third-order valence-corrected chi connectivity index (χ3v) is 4.40. The predicted molar refractivity (Wildman–Crippen MR) is 71.9 cm³/mol. The number of hydrogen-bond donors (Lipinski definition) is 1. The molecule has 3 nitrogen and oxygen atoms in total. The first-order valence-corrected chi connectivity index (χ1v) is 6.93. The van der Waals surface area contributed by atoms with Gasteiger partial charge in [0.05, 0.1) is 11.8 Å². The summed E-state index contributed by atoms with van der Waals surface area (Å²) in [7, 11) is 0. The van der Waals surface area contributed by atoms with Gasteiger partial charge in [0.2, 0.25) is 5.91 Å². The highest BCUT2D eigenvalue weighted by atomic mass is 32.2. The predicted octanol–water partition coefficient (Wildman–Crippen LogP) is 1.65. The summed E-state index contributed by atoms with van der Waals surface area (Å²) in [5.41, 5.74) is 6.87. The lowest BCUT2D eigenvalue weighted by Gasteiger charge is -2.36. The van der Waals surface area contributed by atoms with Gasteiger partial charge in [-0.3, -0.25) is 4.79 Å². The van der Waals surface area contributed by atoms with E-state index in [0.717, 1.165) is 6.54 Å². The maximum absolute atomic E-state index is 11.9. The van der Waals surface area contributed by atoms with Gasteiger partial charge in [-0.2, -0.15) is 0 Å². The van der Waals surface area contributed by atoms with E-state index in [1.54, 1.807) is 11.8 Å². The second-order valence-corrected chi connectivity index (χ2v) is 5.59. The highest BCUT2D eigenvalue weighted by Crippen LogP contribution is 2.27. The molecule has 1 aromatic rings. The fourth-order valence-electron chi connectivity index (χ4n) is 2.07. The smallest absolute Gasteiger partial charge is 0.233 e. The summed E-state index contributed by atoms with van der Waals surface area (Å²) in [4.78, 5) is 13.9. The van der Waals surface area contributed by atoms with Gasteiger partial charge in [0, 0.05) is 18.3 Å². The van der Waals surface area contributed by atoms with Crippen molar-refractivity contribution in [3.63, 3.8) is 0 Å². The van der Waals surface area contributed by atoms with E-state index >= 15 is 0 Å². The SMILES string of the molecule is CC(c1ccccc1)N1CC(CN)SCC1=O. The Labute approximate surface area is 106 Å². The Morgan fingerprint density at radius 2 is 2.18 bits per heavy atom. The first-order chi connectivity index (χ1) is 8.22. The monoisotopic (exact) mass is 250 g/mol. The van der Waals surface area contributed by atoms with Gasteiger partial charge in [0.1, 0.15) is 0 Å². The van der Waals surface area contributed by atoms with Gasteiger partial charge >= 0.3 is 0 Å². The Hall–Kier alpha value is -1.00. The molecule has 2 rings (SSSR count). The van der Waals surface area contributed by atoms with Crippen LogP contribution in [0.5, 0.6) is 0 Å². The summed E-state index contributed by atoms with van der Waals surface area (Å²) < 4.78 is 0. The molecule has 1 fully saturated rings. The summed E-state index contributed by atoms with van der Waals surface area (Å²) in [6.45, 7) is 3.48. The summed E-state index contributed by atoms with van der Waals surface area (Å²) >= 11 is 1.67. The highest BCUT2D eigenvalue weighted by Gasteiger charge is 2.29. The molecule has 4 heteroatoms. The van der Waals surface area contributed by atoms with Crippen LogP contribution in [0.3, 0.4) is 0 Å². The zero-order valence-corrected chi connectivity index (χ0v) is 10.8. The Bertz CT molecular complexity index is 382. The topological polar surface area (TPSA) is 46.3 Å². The number of nitrogens with zero attached hydrogens (tertiary/aromatic N) is 1. The number of thioether (sulfide) groups is 1. The molecule has 2 atom stereocenters. The summed E-state index contributed by atoms with van der Waals surface area (Å²) in [6, 6.07) is 10.3. The van der Waals surface area contributed by atoms with Crippen molar-refractivity contribution in [1.82, 2.24) is 4.90 Å². The number of hydrogen-bond acceptors (Lipinski definition) is 3. The fraction of sp³-hybridized carbons (Fsp3) is 0.462. The Morgan fingerprint density at radius 1 is 1.47 bits per heavy atom. The molecule has 1 aliphatic rings. The van der Waals surface area contributed by atoms with Gasteiger partial charge < -0.3 is 10.6 Å². The molecule has 17 heavy (non-hydrogen) atoms. The molecule has 2 N–H and O–H groups in total. The van der Waals surface area contributed by atoms with Gasteiger partial charge in [-0.15, -0.1) is 11.8 Å². The number of carbonyl (C=O) groups excluding carboxylic acids is 1. The summed E-state index contributed by atoms with van der Waals surface area (Å²) in [6.07, 6.45) is 0. The zero-order valence-electron chi connectivity index (χ0n) is 10.0. The van der Waals surface area contributed by atoms with Gasteiger partial charge in [0.15, 0.2) is 0 Å². The molecule has 0 aliphatic carbocycles. The van der Waals surface area contributed by atoms with E-state index in [4.69, 9.17) is 5.73 Å². The minimum Gasteiger partial charge on any atom is -0.334 e. The Kier molecular flexibility index (Phi) is 4.07. The number of rotatable bonds is 3. The molecule has 1 aromatic carbocycles. The Morgan fingerprint density at radius 3 is 2.82 bits per heavy atom. The lowest BCUT2D eigenvalue weighted by molar-refractivity contribution is -0.130. The molecule has 92 valence electrons. The van der Waals surface area contributed by atoms with E-state index in [1.807, 2.05) is 23.1 Å². The van der Waals surface area contributed by atoms with Crippen molar-refractivity contribution in [2.45, 2.75) is 18.2 Å². The van der Waals surface area contributed by atoms with E-state index in [-0.39, 0.29) is 11.9 Å². The molecule has 1 saturated heterocycles. The van der Waals surface area contributed by atoms with E-state index in [1.165, 1.54) is 5.56 Å². The molecular formula is C13H18N2OS. The maximum Gasteiger partial charge on any atom is 0.233 e. The second-order valence-electron chi connectivity index (χ2n) is 4.30. The molecule has 0 radical (unpaired) electrons. The van der Waals surface area contributed by atoms with Crippen LogP contribution in [0, 0.1) is 0 Å². The third kappa shape index (κ3) is 2.82. The van der Waals surface area contributed by atoms with Crippen molar-refractivity contribution in [2.75, 3.05) is 18.8 Å². The standard InChI is InChI=1S/C13H18N2OS/c1-10(11-5-3-2-4-6-11)15-8-12(7-14)17-9-13(15)16/h2-6,10,12H,7-9,14H2,1H3. The lowest BCUT2D eigenvalue weighted by atomic mass is 10.1. The van der Waals surface area contributed by atoms with Gasteiger partial charge in [-0.05, 0) is 12.5 Å². The van der Waals surface area contributed by atoms with Gasteiger partial charge in [-0.1, -0.05) is 30.3 Å². The molecule has 1 heterocycles. The fourth-order valence-corrected chi connectivity index (χ4v) is 3.02. The molecule has 0 spiro atoms. The molecule has 0 bridgehead atoms. The first kappa shape index (κ1) is 12.5. The van der Waals surface area contributed by atoms with Crippen molar-refractivity contribution in [2.24, 2.45) is 5.73 Å². The van der Waals surface area contributed by atoms with E-state index in [9.17, 15) is 4.79 Å². The van der Waals surface area contributed by atoms with E-state index < -0.39 is 0 Å². The molecule has 1 amide bonds. The van der Waals surface area contributed by atoms with Crippen LogP contribution in [-0.4, -0.2) is 34.9 Å². The normalized spacial score (nSPS) is 22.6. The average Bonchev–Trinajstić information content (AvgIpc) is 2.39. The summed E-state index contributed by atoms with van der Waals surface area (Å²) in [5.74, 6) is 0.773. The van der Waals surface area contributed by atoms with Crippen LogP contribution in [-0.2, 0) is 4.79 Å². The molecule has 1 aliphatic heterocycles. The first-order valence-electron chi connectivity index (χ1n) is 5.88. The lowest BCUT2D eigenvalue weighted by Crippen LogP contribution is -2.45. The molecule has 0 saturated carbocycles. The van der Waals surface area contributed by atoms with Crippen molar-refractivity contribution >= 4 is 17.7 Å². The summed E-state index contributed by atoms with van der Waals surface area (Å²) in [5, 5.41) is 0.374. The van der Waals surface area contributed by atoms with Crippen molar-refractivity contribution in [1.29, 1.82) is 0 Å². The minimum atomic E-state index is 0.138. The van der Waals surface area contributed by atoms with Crippen LogP contribution in [0.25, 0.3) is 0 Å². The van der Waals surface area contributed by atoms with Crippen molar-refractivity contribution < 1.29 is 4.79 Å². The largest absolute Gasteiger partial charge is 0.334 e. The number of benzene rings is 1. The zero-order chi connectivity index (χ0) is 12.3. The molecular weight excluding hydrogens is 232 g/mol. The third-order valence-electron chi connectivity index (χ3n) is 3.18.